The lowest BCUT2D eigenvalue weighted by Gasteiger charge is -2.37. The van der Waals surface area contributed by atoms with Crippen LogP contribution in [0.2, 0.25) is 0 Å². The summed E-state index contributed by atoms with van der Waals surface area (Å²) in [6.45, 7) is 3.56. The molecule has 0 radical (unpaired) electrons. The maximum atomic E-state index is 12.0. The number of hydrogen-bond donors (Lipinski definition) is 2. The monoisotopic (exact) mass is 283 g/mol. The van der Waals surface area contributed by atoms with Gasteiger partial charge in [-0.05, 0) is 12.8 Å². The van der Waals surface area contributed by atoms with Crippen molar-refractivity contribution in [2.24, 2.45) is 5.92 Å². The summed E-state index contributed by atoms with van der Waals surface area (Å²) in [6, 6.07) is -0.104. The van der Waals surface area contributed by atoms with Gasteiger partial charge in [0, 0.05) is 38.6 Å². The number of nitrogens with zero attached hydrogens (tertiary/aromatic N) is 2. The molecule has 2 unspecified atom stereocenters. The molecule has 2 atom stereocenters. The van der Waals surface area contributed by atoms with Crippen LogP contribution in [0.15, 0.2) is 0 Å². The Labute approximate surface area is 117 Å². The Kier molecular flexibility index (Phi) is 4.46. The van der Waals surface area contributed by atoms with Crippen molar-refractivity contribution in [2.75, 3.05) is 26.2 Å². The van der Waals surface area contributed by atoms with E-state index in [1.165, 1.54) is 0 Å². The number of urea groups is 1. The number of aliphatic carboxylic acids is 1. The van der Waals surface area contributed by atoms with Gasteiger partial charge in [0.05, 0.1) is 5.92 Å². The molecule has 0 aromatic heterocycles. The minimum atomic E-state index is -0.890. The number of nitrogens with one attached hydrogen (secondary N) is 1. The average Bonchev–Trinajstić information content (AvgIpc) is 2.80. The van der Waals surface area contributed by atoms with Gasteiger partial charge < -0.3 is 20.2 Å². The Morgan fingerprint density at radius 3 is 2.85 bits per heavy atom. The molecule has 2 N–H and O–H groups in total. The molecule has 0 spiro atoms. The first-order valence-electron chi connectivity index (χ1n) is 7.08. The van der Waals surface area contributed by atoms with E-state index in [0.29, 0.717) is 32.5 Å². The molecule has 2 heterocycles. The molecule has 0 saturated carbocycles. The molecule has 7 nitrogen and oxygen atoms in total. The number of carbonyl (C=O) groups is 3. The third-order valence-corrected chi connectivity index (χ3v) is 4.12. The van der Waals surface area contributed by atoms with Crippen LogP contribution in [0.4, 0.5) is 4.79 Å². The normalized spacial score (nSPS) is 23.4. The number of fused-ring (bicyclic) bond motifs is 1. The van der Waals surface area contributed by atoms with Gasteiger partial charge in [-0.15, -0.1) is 0 Å². The van der Waals surface area contributed by atoms with Crippen molar-refractivity contribution >= 4 is 17.9 Å². The molecule has 0 aromatic carbocycles. The van der Waals surface area contributed by atoms with Crippen molar-refractivity contribution in [3.05, 3.63) is 0 Å². The van der Waals surface area contributed by atoms with Crippen molar-refractivity contribution < 1.29 is 19.5 Å². The Balaban J connectivity index is 1.82. The number of rotatable bonds is 4. The van der Waals surface area contributed by atoms with Crippen LogP contribution in [0, 0.1) is 5.92 Å². The van der Waals surface area contributed by atoms with Crippen molar-refractivity contribution in [1.29, 1.82) is 0 Å². The Morgan fingerprint density at radius 2 is 2.20 bits per heavy atom. The van der Waals surface area contributed by atoms with Gasteiger partial charge in [-0.3, -0.25) is 9.59 Å². The molecular formula is C13H21N3O4. The third-order valence-electron chi connectivity index (χ3n) is 4.12. The second kappa shape index (κ2) is 6.11. The lowest BCUT2D eigenvalue weighted by molar-refractivity contribution is -0.141. The van der Waals surface area contributed by atoms with Crippen molar-refractivity contribution in [3.8, 4) is 0 Å². The van der Waals surface area contributed by atoms with E-state index in [0.717, 1.165) is 6.42 Å². The number of carbonyl (C=O) groups excluding carboxylic acids is 2. The van der Waals surface area contributed by atoms with Crippen LogP contribution >= 0.6 is 0 Å². The highest BCUT2D eigenvalue weighted by molar-refractivity contribution is 5.80. The second-order valence-corrected chi connectivity index (χ2v) is 5.36. The van der Waals surface area contributed by atoms with E-state index in [-0.39, 0.29) is 24.5 Å². The first kappa shape index (κ1) is 14.6. The van der Waals surface area contributed by atoms with Gasteiger partial charge in [0.15, 0.2) is 0 Å². The zero-order valence-electron chi connectivity index (χ0n) is 11.7. The van der Waals surface area contributed by atoms with Gasteiger partial charge in [0.1, 0.15) is 0 Å². The summed E-state index contributed by atoms with van der Waals surface area (Å²) in [7, 11) is 0. The molecule has 2 saturated heterocycles. The van der Waals surface area contributed by atoms with E-state index in [1.807, 2.05) is 4.90 Å². The molecule has 2 fully saturated rings. The minimum Gasteiger partial charge on any atom is -0.481 e. The Morgan fingerprint density at radius 1 is 1.45 bits per heavy atom. The summed E-state index contributed by atoms with van der Waals surface area (Å²) >= 11 is 0. The van der Waals surface area contributed by atoms with Crippen LogP contribution < -0.4 is 5.32 Å². The van der Waals surface area contributed by atoms with Crippen LogP contribution in [-0.2, 0) is 9.59 Å². The van der Waals surface area contributed by atoms with Gasteiger partial charge in [0.25, 0.3) is 0 Å². The second-order valence-electron chi connectivity index (χ2n) is 5.36. The molecule has 20 heavy (non-hydrogen) atoms. The van der Waals surface area contributed by atoms with Gasteiger partial charge in [0.2, 0.25) is 5.91 Å². The standard InChI is InChI=1S/C13H21N3O4/c1-2-9(12(18)19)7-14-13(20)15-5-6-16-10(8-15)3-4-11(16)17/h9-10H,2-8H2,1H3,(H,14,20)(H,18,19). The molecule has 0 aliphatic carbocycles. The van der Waals surface area contributed by atoms with Gasteiger partial charge in [-0.2, -0.15) is 0 Å². The lowest BCUT2D eigenvalue weighted by Crippen LogP contribution is -2.55. The van der Waals surface area contributed by atoms with E-state index >= 15 is 0 Å². The average molecular weight is 283 g/mol. The molecule has 112 valence electrons. The summed E-state index contributed by atoms with van der Waals surface area (Å²) in [6.07, 6.45) is 1.85. The van der Waals surface area contributed by atoms with E-state index in [1.54, 1.807) is 11.8 Å². The third kappa shape index (κ3) is 3.02. The number of carboxylic acid groups (broad SMARTS) is 1. The fraction of sp³-hybridized carbons (Fsp3) is 0.769. The first-order valence-corrected chi connectivity index (χ1v) is 7.08. The minimum absolute atomic E-state index is 0.128. The first-order chi connectivity index (χ1) is 9.52. The maximum absolute atomic E-state index is 12.0. The maximum Gasteiger partial charge on any atom is 0.317 e. The van der Waals surface area contributed by atoms with E-state index in [2.05, 4.69) is 5.32 Å². The zero-order valence-corrected chi connectivity index (χ0v) is 11.7. The number of piperazine rings is 1. The van der Waals surface area contributed by atoms with Crippen molar-refractivity contribution in [3.63, 3.8) is 0 Å². The van der Waals surface area contributed by atoms with Crippen LogP contribution in [0.5, 0.6) is 0 Å². The van der Waals surface area contributed by atoms with E-state index in [4.69, 9.17) is 5.11 Å². The van der Waals surface area contributed by atoms with E-state index < -0.39 is 11.9 Å². The SMILES string of the molecule is CCC(CNC(=O)N1CCN2C(=O)CCC2C1)C(=O)O. The smallest absolute Gasteiger partial charge is 0.317 e. The van der Waals surface area contributed by atoms with Gasteiger partial charge in [-0.25, -0.2) is 4.79 Å². The largest absolute Gasteiger partial charge is 0.481 e. The van der Waals surface area contributed by atoms with Crippen LogP contribution in [-0.4, -0.2) is 65.0 Å². The Bertz CT molecular complexity index is 412. The number of amides is 3. The predicted octanol–water partition coefficient (Wildman–Crippen LogP) is 0.113. The van der Waals surface area contributed by atoms with Crippen LogP contribution in [0.3, 0.4) is 0 Å². The number of carboxylic acids is 1. The number of hydrogen-bond acceptors (Lipinski definition) is 3. The summed E-state index contributed by atoms with van der Waals surface area (Å²) in [4.78, 5) is 38.0. The summed E-state index contributed by atoms with van der Waals surface area (Å²) in [5.41, 5.74) is 0. The van der Waals surface area contributed by atoms with Crippen molar-refractivity contribution in [2.45, 2.75) is 32.2 Å². The topological polar surface area (TPSA) is 90.0 Å². The lowest BCUT2D eigenvalue weighted by atomic mass is 10.1. The molecule has 2 rings (SSSR count). The highest BCUT2D eigenvalue weighted by atomic mass is 16.4. The quantitative estimate of drug-likeness (QED) is 0.766. The molecule has 7 heteroatoms. The highest BCUT2D eigenvalue weighted by Gasteiger charge is 2.36. The molecule has 3 amide bonds. The fourth-order valence-corrected chi connectivity index (χ4v) is 2.78. The zero-order chi connectivity index (χ0) is 14.7. The summed E-state index contributed by atoms with van der Waals surface area (Å²) in [5, 5.41) is 11.6. The molecule has 2 aliphatic heterocycles. The van der Waals surface area contributed by atoms with Crippen molar-refractivity contribution in [1.82, 2.24) is 15.1 Å². The molecule has 2 aliphatic rings. The fourth-order valence-electron chi connectivity index (χ4n) is 2.78. The molecule has 0 aromatic rings. The van der Waals surface area contributed by atoms with Gasteiger partial charge in [-0.1, -0.05) is 6.92 Å². The van der Waals surface area contributed by atoms with Crippen LogP contribution in [0.1, 0.15) is 26.2 Å². The van der Waals surface area contributed by atoms with Gasteiger partial charge >= 0.3 is 12.0 Å². The van der Waals surface area contributed by atoms with Crippen LogP contribution in [0.25, 0.3) is 0 Å². The molecule has 0 bridgehead atoms. The van der Waals surface area contributed by atoms with E-state index in [9.17, 15) is 14.4 Å². The summed E-state index contributed by atoms with van der Waals surface area (Å²) < 4.78 is 0. The molecular weight excluding hydrogens is 262 g/mol. The Hall–Kier alpha value is -1.79. The summed E-state index contributed by atoms with van der Waals surface area (Å²) in [5.74, 6) is -1.26. The predicted molar refractivity (Wildman–Crippen MR) is 71.1 cm³/mol. The highest BCUT2D eigenvalue weighted by Crippen LogP contribution is 2.22.